The fourth-order valence-electron chi connectivity index (χ4n) is 4.39. The monoisotopic (exact) mass is 381 g/mol. The van der Waals surface area contributed by atoms with Crippen molar-refractivity contribution in [2.24, 2.45) is 0 Å². The Morgan fingerprint density at radius 1 is 1.15 bits per heavy atom. The predicted octanol–water partition coefficient (Wildman–Crippen LogP) is 1.84. The zero-order chi connectivity index (χ0) is 19.3. The van der Waals surface area contributed by atoms with Crippen molar-refractivity contribution in [3.05, 3.63) is 0 Å². The SMILES string of the molecule is CCCCCCN1CC2(CCN(C(=O)CN3CCC(O)CC3)CC2)OC1=O. The number of amides is 2. The van der Waals surface area contributed by atoms with E-state index in [1.54, 1.807) is 0 Å². The van der Waals surface area contributed by atoms with Gasteiger partial charge in [0.2, 0.25) is 5.91 Å². The summed E-state index contributed by atoms with van der Waals surface area (Å²) in [5.41, 5.74) is -0.395. The highest BCUT2D eigenvalue weighted by Crippen LogP contribution is 2.33. The van der Waals surface area contributed by atoms with E-state index in [9.17, 15) is 14.7 Å². The number of aliphatic hydroxyl groups excluding tert-OH is 1. The number of nitrogens with zero attached hydrogens (tertiary/aromatic N) is 3. The Kier molecular flexibility index (Phi) is 6.98. The number of ether oxygens (including phenoxy) is 1. The average Bonchev–Trinajstić information content (AvgIpc) is 2.96. The van der Waals surface area contributed by atoms with Gasteiger partial charge in [0.25, 0.3) is 0 Å². The van der Waals surface area contributed by atoms with Crippen LogP contribution in [0.3, 0.4) is 0 Å². The maximum Gasteiger partial charge on any atom is 0.410 e. The number of hydrogen-bond acceptors (Lipinski definition) is 5. The normalized spacial score (nSPS) is 23.9. The van der Waals surface area contributed by atoms with Crippen LogP contribution in [0.4, 0.5) is 4.79 Å². The van der Waals surface area contributed by atoms with Gasteiger partial charge in [-0.05, 0) is 19.3 Å². The summed E-state index contributed by atoms with van der Waals surface area (Å²) >= 11 is 0. The molecule has 3 fully saturated rings. The van der Waals surface area contributed by atoms with Crippen molar-refractivity contribution in [2.75, 3.05) is 45.8 Å². The van der Waals surface area contributed by atoms with Gasteiger partial charge < -0.3 is 19.6 Å². The summed E-state index contributed by atoms with van der Waals surface area (Å²) in [5, 5.41) is 9.58. The molecule has 3 rings (SSSR count). The van der Waals surface area contributed by atoms with Gasteiger partial charge in [0.1, 0.15) is 5.60 Å². The number of likely N-dealkylation sites (tertiary alicyclic amines) is 2. The van der Waals surface area contributed by atoms with Crippen molar-refractivity contribution in [3.63, 3.8) is 0 Å². The fraction of sp³-hybridized carbons (Fsp3) is 0.900. The molecule has 2 amide bonds. The number of rotatable bonds is 7. The molecular formula is C20H35N3O4. The Labute approximate surface area is 162 Å². The van der Waals surface area contributed by atoms with Crippen LogP contribution in [0, 0.1) is 0 Å². The van der Waals surface area contributed by atoms with Gasteiger partial charge in [-0.2, -0.15) is 0 Å². The van der Waals surface area contributed by atoms with Gasteiger partial charge in [-0.3, -0.25) is 9.69 Å². The molecule has 0 bridgehead atoms. The highest BCUT2D eigenvalue weighted by Gasteiger charge is 2.47. The molecular weight excluding hydrogens is 346 g/mol. The number of hydrogen-bond donors (Lipinski definition) is 1. The zero-order valence-corrected chi connectivity index (χ0v) is 16.7. The van der Waals surface area contributed by atoms with Crippen molar-refractivity contribution in [1.82, 2.24) is 14.7 Å². The van der Waals surface area contributed by atoms with E-state index in [1.807, 2.05) is 9.80 Å². The first-order valence-corrected chi connectivity index (χ1v) is 10.7. The number of carbonyl (C=O) groups is 2. The Morgan fingerprint density at radius 2 is 1.85 bits per heavy atom. The van der Waals surface area contributed by atoms with Crippen LogP contribution in [0.5, 0.6) is 0 Å². The highest BCUT2D eigenvalue weighted by molar-refractivity contribution is 5.78. The average molecular weight is 382 g/mol. The minimum absolute atomic E-state index is 0.155. The Bertz CT molecular complexity index is 511. The maximum atomic E-state index is 12.6. The molecule has 0 unspecified atom stereocenters. The molecule has 1 N–H and O–H groups in total. The summed E-state index contributed by atoms with van der Waals surface area (Å²) in [6, 6.07) is 0. The van der Waals surface area contributed by atoms with Crippen molar-refractivity contribution < 1.29 is 19.4 Å². The van der Waals surface area contributed by atoms with Crippen LogP contribution in [0.2, 0.25) is 0 Å². The van der Waals surface area contributed by atoms with Crippen LogP contribution < -0.4 is 0 Å². The Balaban J connectivity index is 1.41. The topological polar surface area (TPSA) is 73.3 Å². The second-order valence-corrected chi connectivity index (χ2v) is 8.42. The zero-order valence-electron chi connectivity index (χ0n) is 16.7. The second kappa shape index (κ2) is 9.24. The molecule has 154 valence electrons. The van der Waals surface area contributed by atoms with E-state index < -0.39 is 5.60 Å². The summed E-state index contributed by atoms with van der Waals surface area (Å²) in [6.45, 7) is 6.96. The second-order valence-electron chi connectivity index (χ2n) is 8.42. The third kappa shape index (κ3) is 5.35. The van der Waals surface area contributed by atoms with Gasteiger partial charge in [-0.25, -0.2) is 4.79 Å². The van der Waals surface area contributed by atoms with Crippen molar-refractivity contribution in [3.8, 4) is 0 Å². The first-order valence-electron chi connectivity index (χ1n) is 10.7. The largest absolute Gasteiger partial charge is 0.441 e. The van der Waals surface area contributed by atoms with E-state index in [0.717, 1.165) is 58.2 Å². The van der Waals surface area contributed by atoms with E-state index in [0.29, 0.717) is 26.2 Å². The lowest BCUT2D eigenvalue weighted by Crippen LogP contribution is -2.51. The number of aliphatic hydroxyl groups is 1. The molecule has 27 heavy (non-hydrogen) atoms. The Hall–Kier alpha value is -1.34. The lowest BCUT2D eigenvalue weighted by molar-refractivity contribution is -0.136. The summed E-state index contributed by atoms with van der Waals surface area (Å²) in [6.07, 6.45) is 7.16. The van der Waals surface area contributed by atoms with Crippen molar-refractivity contribution >= 4 is 12.0 Å². The van der Waals surface area contributed by atoms with E-state index in [2.05, 4.69) is 11.8 Å². The van der Waals surface area contributed by atoms with E-state index in [4.69, 9.17) is 4.74 Å². The molecule has 0 atom stereocenters. The summed E-state index contributed by atoms with van der Waals surface area (Å²) in [7, 11) is 0. The van der Waals surface area contributed by atoms with Crippen LogP contribution in [0.25, 0.3) is 0 Å². The van der Waals surface area contributed by atoms with Gasteiger partial charge in [0.15, 0.2) is 0 Å². The van der Waals surface area contributed by atoms with Gasteiger partial charge in [-0.1, -0.05) is 26.2 Å². The van der Waals surface area contributed by atoms with Crippen molar-refractivity contribution in [2.45, 2.75) is 70.0 Å². The molecule has 3 aliphatic rings. The summed E-state index contributed by atoms with van der Waals surface area (Å²) in [4.78, 5) is 30.7. The number of piperidine rings is 2. The highest BCUT2D eigenvalue weighted by atomic mass is 16.6. The number of carbonyl (C=O) groups excluding carboxylic acids is 2. The molecule has 0 radical (unpaired) electrons. The molecule has 0 aromatic rings. The van der Waals surface area contributed by atoms with Gasteiger partial charge in [-0.15, -0.1) is 0 Å². The van der Waals surface area contributed by atoms with E-state index in [-0.39, 0.29) is 18.1 Å². The summed E-state index contributed by atoms with van der Waals surface area (Å²) in [5.74, 6) is 0.155. The molecule has 3 saturated heterocycles. The minimum Gasteiger partial charge on any atom is -0.441 e. The molecule has 3 heterocycles. The van der Waals surface area contributed by atoms with Gasteiger partial charge in [0, 0.05) is 45.6 Å². The van der Waals surface area contributed by atoms with Gasteiger partial charge in [0.05, 0.1) is 19.2 Å². The third-order valence-corrected chi connectivity index (χ3v) is 6.27. The molecule has 3 aliphatic heterocycles. The molecule has 1 spiro atoms. The van der Waals surface area contributed by atoms with Crippen molar-refractivity contribution in [1.29, 1.82) is 0 Å². The first kappa shape index (κ1) is 20.4. The molecule has 7 nitrogen and oxygen atoms in total. The quantitative estimate of drug-likeness (QED) is 0.681. The van der Waals surface area contributed by atoms with E-state index in [1.165, 1.54) is 12.8 Å². The maximum absolute atomic E-state index is 12.6. The molecule has 0 aromatic carbocycles. The predicted molar refractivity (Wildman–Crippen MR) is 102 cm³/mol. The van der Waals surface area contributed by atoms with Crippen LogP contribution >= 0.6 is 0 Å². The van der Waals surface area contributed by atoms with E-state index >= 15 is 0 Å². The van der Waals surface area contributed by atoms with Crippen LogP contribution in [-0.2, 0) is 9.53 Å². The Morgan fingerprint density at radius 3 is 2.52 bits per heavy atom. The third-order valence-electron chi connectivity index (χ3n) is 6.27. The lowest BCUT2D eigenvalue weighted by Gasteiger charge is -2.38. The van der Waals surface area contributed by atoms with Gasteiger partial charge >= 0.3 is 6.09 Å². The fourth-order valence-corrected chi connectivity index (χ4v) is 4.39. The minimum atomic E-state index is -0.395. The number of unbranched alkanes of at least 4 members (excludes halogenated alkanes) is 3. The molecule has 0 saturated carbocycles. The van der Waals surface area contributed by atoms with Crippen LogP contribution in [0.15, 0.2) is 0 Å². The van der Waals surface area contributed by atoms with Crippen LogP contribution in [0.1, 0.15) is 58.3 Å². The molecule has 7 heteroatoms. The van der Waals surface area contributed by atoms with Crippen LogP contribution in [-0.4, -0.2) is 89.3 Å². The smallest absolute Gasteiger partial charge is 0.410 e. The first-order chi connectivity index (χ1) is 13.0. The summed E-state index contributed by atoms with van der Waals surface area (Å²) < 4.78 is 5.76. The molecule has 0 aromatic heterocycles. The standard InChI is InChI=1S/C20H35N3O4/c1-2-3-4-5-10-23-16-20(27-19(23)26)8-13-22(14-9-20)18(25)15-21-11-6-17(24)7-12-21/h17,24H,2-16H2,1H3. The lowest BCUT2D eigenvalue weighted by atomic mass is 9.91. The molecule has 0 aliphatic carbocycles.